The lowest BCUT2D eigenvalue weighted by molar-refractivity contribution is -0.173. The van der Waals surface area contributed by atoms with E-state index in [1.165, 1.54) is 5.56 Å². The molecule has 2 aromatic rings. The SMILES string of the molecule is CC(C)c1ccc(-c2cc3c(cc2F)[C@@](OC(N)=O)([C@@H]2CN4CCC2CC4)C(C)(C)CC3)cc1. The molecule has 4 nitrogen and oxygen atoms in total. The molecule has 0 unspecified atom stereocenters. The first-order valence-corrected chi connectivity index (χ1v) is 12.8. The second kappa shape index (κ2) is 8.37. The van der Waals surface area contributed by atoms with Crippen molar-refractivity contribution in [3.05, 3.63) is 58.9 Å². The molecule has 4 aliphatic rings. The van der Waals surface area contributed by atoms with Crippen LogP contribution in [0.2, 0.25) is 0 Å². The average molecular weight is 465 g/mol. The summed E-state index contributed by atoms with van der Waals surface area (Å²) in [5.74, 6) is 0.707. The first-order valence-electron chi connectivity index (χ1n) is 12.8. The number of nitrogens with two attached hydrogens (primary N) is 1. The number of benzene rings is 2. The van der Waals surface area contributed by atoms with Crippen molar-refractivity contribution < 1.29 is 13.9 Å². The predicted octanol–water partition coefficient (Wildman–Crippen LogP) is 6.22. The van der Waals surface area contributed by atoms with Crippen molar-refractivity contribution in [2.75, 3.05) is 19.6 Å². The summed E-state index contributed by atoms with van der Waals surface area (Å²) in [6.45, 7) is 11.7. The number of halogens is 1. The van der Waals surface area contributed by atoms with Crippen molar-refractivity contribution in [2.24, 2.45) is 23.0 Å². The lowest BCUT2D eigenvalue weighted by Gasteiger charge is -2.59. The predicted molar refractivity (Wildman–Crippen MR) is 133 cm³/mol. The van der Waals surface area contributed by atoms with Crippen LogP contribution < -0.4 is 5.73 Å². The molecule has 3 heterocycles. The van der Waals surface area contributed by atoms with Gasteiger partial charge < -0.3 is 15.4 Å². The standard InChI is InChI=1S/C29H37FN2O2/c1-18(2)19-5-7-20(8-6-19)23-15-22-9-12-28(3,4)29(34-27(31)33,24(22)16-26(23)30)25-17-32-13-10-21(25)11-14-32/h5-8,15-16,18,21,25H,9-14,17H2,1-4H3,(H2,31,33)/t25-,29-/m1/s1. The number of piperidine rings is 3. The molecule has 6 rings (SSSR count). The third-order valence-corrected chi connectivity index (χ3v) is 8.95. The van der Waals surface area contributed by atoms with Crippen LogP contribution in [0.4, 0.5) is 9.18 Å². The van der Waals surface area contributed by atoms with Gasteiger partial charge >= 0.3 is 6.09 Å². The molecule has 1 aliphatic carbocycles. The molecule has 0 spiro atoms. The highest BCUT2D eigenvalue weighted by molar-refractivity contribution is 5.69. The van der Waals surface area contributed by atoms with Crippen LogP contribution in [0.3, 0.4) is 0 Å². The number of aryl methyl sites for hydroxylation is 1. The molecule has 2 atom stereocenters. The van der Waals surface area contributed by atoms with Gasteiger partial charge in [-0.25, -0.2) is 9.18 Å². The van der Waals surface area contributed by atoms with E-state index in [2.05, 4.69) is 44.7 Å². The van der Waals surface area contributed by atoms with Gasteiger partial charge in [0, 0.05) is 29.0 Å². The molecule has 3 saturated heterocycles. The fourth-order valence-electron chi connectivity index (χ4n) is 6.99. The van der Waals surface area contributed by atoms with E-state index in [1.54, 1.807) is 6.07 Å². The highest BCUT2D eigenvalue weighted by Crippen LogP contribution is 2.59. The summed E-state index contributed by atoms with van der Waals surface area (Å²) in [7, 11) is 0. The van der Waals surface area contributed by atoms with E-state index in [1.807, 2.05) is 18.2 Å². The van der Waals surface area contributed by atoms with E-state index in [4.69, 9.17) is 10.5 Å². The molecule has 0 radical (unpaired) electrons. The maximum Gasteiger partial charge on any atom is 0.405 e. The van der Waals surface area contributed by atoms with Gasteiger partial charge in [0.05, 0.1) is 0 Å². The van der Waals surface area contributed by atoms with E-state index >= 15 is 4.39 Å². The Balaban J connectivity index is 1.65. The van der Waals surface area contributed by atoms with Gasteiger partial charge in [-0.2, -0.15) is 0 Å². The lowest BCUT2D eigenvalue weighted by Crippen LogP contribution is -2.62. The minimum absolute atomic E-state index is 0.104. The van der Waals surface area contributed by atoms with E-state index in [0.717, 1.165) is 62.0 Å². The molecule has 5 heteroatoms. The summed E-state index contributed by atoms with van der Waals surface area (Å²) in [5, 5.41) is 0. The maximum atomic E-state index is 15.8. The molecule has 2 aromatic carbocycles. The van der Waals surface area contributed by atoms with Crippen molar-refractivity contribution in [2.45, 2.75) is 64.9 Å². The summed E-state index contributed by atoms with van der Waals surface area (Å²) in [5.41, 5.74) is 9.04. The van der Waals surface area contributed by atoms with Crippen LogP contribution in [0.1, 0.15) is 69.6 Å². The van der Waals surface area contributed by atoms with Crippen molar-refractivity contribution >= 4 is 6.09 Å². The van der Waals surface area contributed by atoms with Gasteiger partial charge in [-0.15, -0.1) is 0 Å². The van der Waals surface area contributed by atoms with Gasteiger partial charge in [-0.1, -0.05) is 52.0 Å². The Morgan fingerprint density at radius 3 is 2.38 bits per heavy atom. The Kier molecular flexibility index (Phi) is 5.75. The zero-order valence-electron chi connectivity index (χ0n) is 20.9. The number of amides is 1. The number of carbonyl (C=O) groups excluding carboxylic acids is 1. The van der Waals surface area contributed by atoms with Gasteiger partial charge in [-0.05, 0) is 79.4 Å². The molecule has 0 aromatic heterocycles. The number of ether oxygens (including phenoxy) is 1. The van der Waals surface area contributed by atoms with Gasteiger partial charge in [0.15, 0.2) is 0 Å². The summed E-state index contributed by atoms with van der Waals surface area (Å²) in [4.78, 5) is 14.8. The van der Waals surface area contributed by atoms with Crippen molar-refractivity contribution in [1.29, 1.82) is 0 Å². The largest absolute Gasteiger partial charge is 0.437 e. The number of carbonyl (C=O) groups is 1. The van der Waals surface area contributed by atoms with Crippen LogP contribution in [0.5, 0.6) is 0 Å². The minimum atomic E-state index is -0.933. The normalized spacial score (nSPS) is 29.6. The van der Waals surface area contributed by atoms with Gasteiger partial charge in [0.25, 0.3) is 0 Å². The number of hydrogen-bond donors (Lipinski definition) is 1. The molecule has 0 saturated carbocycles. The molecule has 3 aliphatic heterocycles. The summed E-state index contributed by atoms with van der Waals surface area (Å²) < 4.78 is 22.0. The summed E-state index contributed by atoms with van der Waals surface area (Å²) in [6, 6.07) is 11.8. The fourth-order valence-corrected chi connectivity index (χ4v) is 6.99. The Morgan fingerprint density at radius 2 is 1.82 bits per heavy atom. The first kappa shape index (κ1) is 23.3. The zero-order chi connectivity index (χ0) is 24.3. The molecular weight excluding hydrogens is 427 g/mol. The van der Waals surface area contributed by atoms with Crippen LogP contribution in [-0.2, 0) is 16.8 Å². The third kappa shape index (κ3) is 3.64. The molecule has 3 fully saturated rings. The van der Waals surface area contributed by atoms with Crippen molar-refractivity contribution in [1.82, 2.24) is 4.90 Å². The monoisotopic (exact) mass is 464 g/mol. The van der Waals surface area contributed by atoms with E-state index in [0.29, 0.717) is 17.4 Å². The molecule has 2 bridgehead atoms. The van der Waals surface area contributed by atoms with Gasteiger partial charge in [-0.3, -0.25) is 0 Å². The van der Waals surface area contributed by atoms with Crippen LogP contribution >= 0.6 is 0 Å². The number of hydrogen-bond acceptors (Lipinski definition) is 3. The van der Waals surface area contributed by atoms with Crippen LogP contribution in [-0.4, -0.2) is 30.6 Å². The number of nitrogens with zero attached hydrogens (tertiary/aromatic N) is 1. The highest BCUT2D eigenvalue weighted by Gasteiger charge is 2.61. The highest BCUT2D eigenvalue weighted by atomic mass is 19.1. The minimum Gasteiger partial charge on any atom is -0.437 e. The number of fused-ring (bicyclic) bond motifs is 4. The van der Waals surface area contributed by atoms with Crippen LogP contribution in [0.25, 0.3) is 11.1 Å². The topological polar surface area (TPSA) is 55.6 Å². The van der Waals surface area contributed by atoms with E-state index in [-0.39, 0.29) is 17.2 Å². The summed E-state index contributed by atoms with van der Waals surface area (Å²) >= 11 is 0. The smallest absolute Gasteiger partial charge is 0.405 e. The Bertz CT molecular complexity index is 1090. The van der Waals surface area contributed by atoms with Gasteiger partial charge in [0.1, 0.15) is 11.4 Å². The molecule has 182 valence electrons. The van der Waals surface area contributed by atoms with Crippen molar-refractivity contribution in [3.63, 3.8) is 0 Å². The number of primary amides is 1. The Labute approximate surface area is 202 Å². The second-order valence-corrected chi connectivity index (χ2v) is 11.6. The van der Waals surface area contributed by atoms with E-state index < -0.39 is 11.7 Å². The molecular formula is C29H37FN2O2. The van der Waals surface area contributed by atoms with Crippen LogP contribution in [0.15, 0.2) is 36.4 Å². The average Bonchev–Trinajstić information content (AvgIpc) is 2.81. The summed E-state index contributed by atoms with van der Waals surface area (Å²) in [6.07, 6.45) is 3.08. The molecule has 2 N–H and O–H groups in total. The molecule has 34 heavy (non-hydrogen) atoms. The third-order valence-electron chi connectivity index (χ3n) is 8.95. The van der Waals surface area contributed by atoms with Crippen LogP contribution in [0, 0.1) is 23.1 Å². The van der Waals surface area contributed by atoms with Gasteiger partial charge in [0.2, 0.25) is 0 Å². The quantitative estimate of drug-likeness (QED) is 0.584. The Hall–Kier alpha value is -2.40. The first-order chi connectivity index (χ1) is 16.1. The Morgan fingerprint density at radius 1 is 1.15 bits per heavy atom. The zero-order valence-corrected chi connectivity index (χ0v) is 20.9. The van der Waals surface area contributed by atoms with Crippen molar-refractivity contribution in [3.8, 4) is 11.1 Å². The van der Waals surface area contributed by atoms with E-state index in [9.17, 15) is 4.79 Å². The number of rotatable bonds is 4. The lowest BCUT2D eigenvalue weighted by atomic mass is 9.53. The second-order valence-electron chi connectivity index (χ2n) is 11.6. The fraction of sp³-hybridized carbons (Fsp3) is 0.552. The maximum absolute atomic E-state index is 15.8. The molecule has 1 amide bonds.